The molecule has 4 heteroatoms. The van der Waals surface area contributed by atoms with E-state index >= 15 is 0 Å². The molecule has 1 aromatic carbocycles. The quantitative estimate of drug-likeness (QED) is 0.781. The molecule has 1 aromatic heterocycles. The van der Waals surface area contributed by atoms with Crippen molar-refractivity contribution in [1.29, 1.82) is 0 Å². The summed E-state index contributed by atoms with van der Waals surface area (Å²) in [5, 5.41) is 0.499. The highest BCUT2D eigenvalue weighted by atomic mass is 35.5. The van der Waals surface area contributed by atoms with Gasteiger partial charge < -0.3 is 4.90 Å². The van der Waals surface area contributed by atoms with Crippen molar-refractivity contribution in [3.8, 4) is 11.4 Å². The highest BCUT2D eigenvalue weighted by Crippen LogP contribution is 2.33. The summed E-state index contributed by atoms with van der Waals surface area (Å²) >= 11 is 6.17. The fourth-order valence-corrected chi connectivity index (χ4v) is 2.77. The van der Waals surface area contributed by atoms with E-state index in [9.17, 15) is 0 Å². The predicted molar refractivity (Wildman–Crippen MR) is 83.1 cm³/mol. The Kier molecular flexibility index (Phi) is 3.38. The minimum Gasteiger partial charge on any atom is -0.356 e. The van der Waals surface area contributed by atoms with Gasteiger partial charge in [0.05, 0.1) is 0 Å². The van der Waals surface area contributed by atoms with Crippen LogP contribution in [0, 0.1) is 5.41 Å². The number of halogens is 1. The zero-order valence-corrected chi connectivity index (χ0v) is 12.6. The molecule has 2 heterocycles. The van der Waals surface area contributed by atoms with Crippen molar-refractivity contribution in [3.63, 3.8) is 0 Å². The van der Waals surface area contributed by atoms with Gasteiger partial charge in [-0.1, -0.05) is 55.8 Å². The first-order valence-corrected chi connectivity index (χ1v) is 7.26. The Morgan fingerprint density at radius 3 is 2.55 bits per heavy atom. The van der Waals surface area contributed by atoms with Gasteiger partial charge in [-0.05, 0) is 11.8 Å². The van der Waals surface area contributed by atoms with Crippen molar-refractivity contribution in [3.05, 3.63) is 41.6 Å². The highest BCUT2D eigenvalue weighted by Gasteiger charge is 2.30. The van der Waals surface area contributed by atoms with Crippen molar-refractivity contribution < 1.29 is 0 Å². The Morgan fingerprint density at radius 2 is 1.90 bits per heavy atom. The number of anilines is 1. The molecule has 0 spiro atoms. The van der Waals surface area contributed by atoms with Gasteiger partial charge in [0.25, 0.3) is 0 Å². The van der Waals surface area contributed by atoms with E-state index < -0.39 is 0 Å². The van der Waals surface area contributed by atoms with Crippen molar-refractivity contribution in [1.82, 2.24) is 9.97 Å². The molecule has 0 bridgehead atoms. The smallest absolute Gasteiger partial charge is 0.163 e. The third-order valence-corrected chi connectivity index (χ3v) is 3.91. The van der Waals surface area contributed by atoms with Gasteiger partial charge in [0, 0.05) is 24.7 Å². The summed E-state index contributed by atoms with van der Waals surface area (Å²) in [6.45, 7) is 6.60. The van der Waals surface area contributed by atoms with E-state index in [-0.39, 0.29) is 0 Å². The van der Waals surface area contributed by atoms with Crippen LogP contribution in [0.3, 0.4) is 0 Å². The molecule has 0 radical (unpaired) electrons. The fraction of sp³-hybridized carbons (Fsp3) is 0.375. The summed E-state index contributed by atoms with van der Waals surface area (Å²) in [5.74, 6) is 1.62. The second-order valence-electron chi connectivity index (χ2n) is 6.07. The van der Waals surface area contributed by atoms with E-state index in [1.54, 1.807) is 0 Å². The van der Waals surface area contributed by atoms with Crippen molar-refractivity contribution in [2.24, 2.45) is 5.41 Å². The lowest BCUT2D eigenvalue weighted by molar-refractivity contribution is 0.418. The third-order valence-electron chi connectivity index (χ3n) is 3.71. The second-order valence-corrected chi connectivity index (χ2v) is 6.46. The zero-order valence-electron chi connectivity index (χ0n) is 11.8. The minimum atomic E-state index is 0.338. The summed E-state index contributed by atoms with van der Waals surface area (Å²) in [6.07, 6.45) is 1.18. The van der Waals surface area contributed by atoms with E-state index in [1.807, 2.05) is 36.4 Å². The molecule has 0 unspecified atom stereocenters. The van der Waals surface area contributed by atoms with Gasteiger partial charge in [0.15, 0.2) is 5.82 Å². The summed E-state index contributed by atoms with van der Waals surface area (Å²) < 4.78 is 0. The van der Waals surface area contributed by atoms with Gasteiger partial charge in [-0.2, -0.15) is 0 Å². The average Bonchev–Trinajstić information content (AvgIpc) is 2.79. The van der Waals surface area contributed by atoms with E-state index in [2.05, 4.69) is 28.7 Å². The Bertz CT molecular complexity index is 610. The monoisotopic (exact) mass is 287 g/mol. The van der Waals surface area contributed by atoms with Gasteiger partial charge in [-0.15, -0.1) is 0 Å². The Balaban J connectivity index is 1.96. The van der Waals surface area contributed by atoms with Crippen LogP contribution in [-0.2, 0) is 0 Å². The predicted octanol–water partition coefficient (Wildman–Crippen LogP) is 4.03. The highest BCUT2D eigenvalue weighted by molar-refractivity contribution is 6.29. The van der Waals surface area contributed by atoms with Crippen LogP contribution < -0.4 is 4.90 Å². The molecule has 3 rings (SSSR count). The first-order chi connectivity index (χ1) is 9.53. The van der Waals surface area contributed by atoms with Gasteiger partial charge in [-0.3, -0.25) is 0 Å². The van der Waals surface area contributed by atoms with Gasteiger partial charge in [0.2, 0.25) is 0 Å². The summed E-state index contributed by atoms with van der Waals surface area (Å²) in [7, 11) is 0. The maximum Gasteiger partial charge on any atom is 0.163 e. The molecule has 1 fully saturated rings. The molecule has 20 heavy (non-hydrogen) atoms. The van der Waals surface area contributed by atoms with E-state index in [1.165, 1.54) is 6.42 Å². The maximum absolute atomic E-state index is 6.17. The topological polar surface area (TPSA) is 29.0 Å². The molecule has 104 valence electrons. The first kappa shape index (κ1) is 13.4. The van der Waals surface area contributed by atoms with Crippen LogP contribution in [0.5, 0.6) is 0 Å². The van der Waals surface area contributed by atoms with Crippen LogP contribution in [0.15, 0.2) is 36.4 Å². The summed E-state index contributed by atoms with van der Waals surface area (Å²) in [5.41, 5.74) is 1.33. The second kappa shape index (κ2) is 5.06. The Hall–Kier alpha value is -1.61. The SMILES string of the molecule is CC1(C)CCN(c2cc(Cl)nc(-c3ccccc3)n2)C1. The lowest BCUT2D eigenvalue weighted by atomic mass is 9.93. The standard InChI is InChI=1S/C16H18ClN3/c1-16(2)8-9-20(11-16)14-10-13(17)18-15(19-14)12-6-4-3-5-7-12/h3-7,10H,8-9,11H2,1-2H3. The summed E-state index contributed by atoms with van der Waals surface area (Å²) in [6, 6.07) is 11.8. The normalized spacial score (nSPS) is 17.4. The van der Waals surface area contributed by atoms with E-state index in [0.29, 0.717) is 16.4 Å². The molecule has 1 aliphatic rings. The van der Waals surface area contributed by atoms with Crippen LogP contribution in [0.25, 0.3) is 11.4 Å². The molecule has 0 atom stereocenters. The van der Waals surface area contributed by atoms with Crippen molar-refractivity contribution >= 4 is 17.4 Å². The van der Waals surface area contributed by atoms with Crippen LogP contribution in [0.4, 0.5) is 5.82 Å². The molecule has 2 aromatic rings. The molecule has 0 aliphatic carbocycles. The lowest BCUT2D eigenvalue weighted by Crippen LogP contribution is -2.23. The van der Waals surface area contributed by atoms with Crippen LogP contribution in [-0.4, -0.2) is 23.1 Å². The first-order valence-electron chi connectivity index (χ1n) is 6.88. The van der Waals surface area contributed by atoms with Gasteiger partial charge in [0.1, 0.15) is 11.0 Å². The molecular weight excluding hydrogens is 270 g/mol. The lowest BCUT2D eigenvalue weighted by Gasteiger charge is -2.21. The van der Waals surface area contributed by atoms with Crippen LogP contribution in [0.1, 0.15) is 20.3 Å². The Morgan fingerprint density at radius 1 is 1.15 bits per heavy atom. The number of benzene rings is 1. The molecular formula is C16H18ClN3. The number of aromatic nitrogens is 2. The molecule has 0 amide bonds. The van der Waals surface area contributed by atoms with E-state index in [0.717, 1.165) is 24.5 Å². The number of nitrogens with zero attached hydrogens (tertiary/aromatic N) is 3. The van der Waals surface area contributed by atoms with Crippen molar-refractivity contribution in [2.75, 3.05) is 18.0 Å². The fourth-order valence-electron chi connectivity index (χ4n) is 2.59. The average molecular weight is 288 g/mol. The van der Waals surface area contributed by atoms with Crippen molar-refractivity contribution in [2.45, 2.75) is 20.3 Å². The molecule has 3 nitrogen and oxygen atoms in total. The molecule has 1 aliphatic heterocycles. The largest absolute Gasteiger partial charge is 0.356 e. The molecule has 0 N–H and O–H groups in total. The van der Waals surface area contributed by atoms with Crippen LogP contribution >= 0.6 is 11.6 Å². The minimum absolute atomic E-state index is 0.338. The van der Waals surface area contributed by atoms with Crippen LogP contribution in [0.2, 0.25) is 5.15 Å². The van der Waals surface area contributed by atoms with Gasteiger partial charge in [-0.25, -0.2) is 9.97 Å². The molecule has 0 saturated carbocycles. The maximum atomic E-state index is 6.17. The van der Waals surface area contributed by atoms with Gasteiger partial charge >= 0.3 is 0 Å². The third kappa shape index (κ3) is 2.78. The number of rotatable bonds is 2. The summed E-state index contributed by atoms with van der Waals surface area (Å²) in [4.78, 5) is 11.3. The number of hydrogen-bond acceptors (Lipinski definition) is 3. The van der Waals surface area contributed by atoms with E-state index in [4.69, 9.17) is 11.6 Å². The molecule has 1 saturated heterocycles. The Labute approximate surface area is 124 Å². The number of hydrogen-bond donors (Lipinski definition) is 0. The zero-order chi connectivity index (χ0) is 14.2.